The van der Waals surface area contributed by atoms with Gasteiger partial charge in [-0.25, -0.2) is 9.18 Å². The van der Waals surface area contributed by atoms with Gasteiger partial charge in [-0.3, -0.25) is 0 Å². The van der Waals surface area contributed by atoms with E-state index in [4.69, 9.17) is 16.3 Å². The molecule has 0 radical (unpaired) electrons. The van der Waals surface area contributed by atoms with Gasteiger partial charge in [0.1, 0.15) is 5.82 Å². The molecule has 1 N–H and O–H groups in total. The minimum Gasteiger partial charge on any atom is -0.467 e. The number of methoxy groups -OCH3 is 1. The minimum absolute atomic E-state index is 0.146. The summed E-state index contributed by atoms with van der Waals surface area (Å²) >= 11 is 5.87. The summed E-state index contributed by atoms with van der Waals surface area (Å²) in [6, 6.07) is 12.1. The Balaban J connectivity index is 2.37. The van der Waals surface area contributed by atoms with Crippen molar-refractivity contribution >= 4 is 23.3 Å². The van der Waals surface area contributed by atoms with E-state index in [-0.39, 0.29) is 5.56 Å². The molecule has 0 spiro atoms. The highest BCUT2D eigenvalue weighted by Gasteiger charge is 2.24. The number of esters is 1. The summed E-state index contributed by atoms with van der Waals surface area (Å²) in [6.07, 6.45) is 0. The fourth-order valence-electron chi connectivity index (χ4n) is 1.82. The normalized spacial score (nSPS) is 11.8. The summed E-state index contributed by atoms with van der Waals surface area (Å²) in [5.74, 6) is -1.11. The second kappa shape index (κ2) is 6.39. The van der Waals surface area contributed by atoms with Gasteiger partial charge in [-0.1, -0.05) is 29.8 Å². The average molecular weight is 294 g/mol. The Labute approximate surface area is 121 Å². The van der Waals surface area contributed by atoms with Crippen LogP contribution in [0.2, 0.25) is 5.02 Å². The molecule has 0 aromatic heterocycles. The van der Waals surface area contributed by atoms with Crippen molar-refractivity contribution in [3.05, 3.63) is 64.9 Å². The highest BCUT2D eigenvalue weighted by molar-refractivity contribution is 6.30. The van der Waals surface area contributed by atoms with Gasteiger partial charge in [-0.15, -0.1) is 0 Å². The highest BCUT2D eigenvalue weighted by Crippen LogP contribution is 2.26. The van der Waals surface area contributed by atoms with Gasteiger partial charge in [0.05, 0.1) is 7.11 Å². The number of para-hydroxylation sites is 1. The molecule has 3 nitrogen and oxygen atoms in total. The van der Waals surface area contributed by atoms with Gasteiger partial charge in [0.15, 0.2) is 6.04 Å². The van der Waals surface area contributed by atoms with Crippen LogP contribution >= 0.6 is 11.6 Å². The zero-order valence-corrected chi connectivity index (χ0v) is 11.5. The Kier molecular flexibility index (Phi) is 4.58. The van der Waals surface area contributed by atoms with E-state index >= 15 is 0 Å². The molecule has 0 saturated heterocycles. The molecular weight excluding hydrogens is 281 g/mol. The van der Waals surface area contributed by atoms with Gasteiger partial charge >= 0.3 is 5.97 Å². The topological polar surface area (TPSA) is 38.3 Å². The van der Waals surface area contributed by atoms with Crippen LogP contribution in [0, 0.1) is 5.82 Å². The Morgan fingerprint density at radius 2 is 1.95 bits per heavy atom. The Bertz CT molecular complexity index is 604. The van der Waals surface area contributed by atoms with Gasteiger partial charge < -0.3 is 10.1 Å². The molecule has 2 rings (SSSR count). The molecule has 1 unspecified atom stereocenters. The quantitative estimate of drug-likeness (QED) is 0.871. The van der Waals surface area contributed by atoms with Crippen LogP contribution in [0.1, 0.15) is 11.6 Å². The molecule has 0 aliphatic carbocycles. The summed E-state index contributed by atoms with van der Waals surface area (Å²) in [5, 5.41) is 3.29. The summed E-state index contributed by atoms with van der Waals surface area (Å²) in [6.45, 7) is 0. The second-order valence-corrected chi connectivity index (χ2v) is 4.57. The summed E-state index contributed by atoms with van der Waals surface area (Å²) < 4.78 is 18.6. The molecule has 0 amide bonds. The molecule has 0 aliphatic rings. The van der Waals surface area contributed by atoms with Gasteiger partial charge in [-0.05, 0) is 30.3 Å². The number of halogens is 2. The first kappa shape index (κ1) is 14.3. The fourth-order valence-corrected chi connectivity index (χ4v) is 2.00. The standard InChI is InChI=1S/C15H13ClFNO2/c1-20-15(19)14(18-11-5-3-2-4-6-11)12-9-10(16)7-8-13(12)17/h2-9,14,18H,1H3. The Hall–Kier alpha value is -2.07. The number of hydrogen-bond acceptors (Lipinski definition) is 3. The molecule has 0 fully saturated rings. The van der Waals surface area contributed by atoms with Crippen molar-refractivity contribution in [2.24, 2.45) is 0 Å². The lowest BCUT2D eigenvalue weighted by Crippen LogP contribution is -2.23. The van der Waals surface area contributed by atoms with E-state index in [1.54, 1.807) is 12.1 Å². The summed E-state index contributed by atoms with van der Waals surface area (Å²) in [4.78, 5) is 11.9. The van der Waals surface area contributed by atoms with Crippen molar-refractivity contribution in [3.8, 4) is 0 Å². The van der Waals surface area contributed by atoms with Crippen molar-refractivity contribution in [2.75, 3.05) is 12.4 Å². The first-order chi connectivity index (χ1) is 9.61. The predicted molar refractivity (Wildman–Crippen MR) is 76.2 cm³/mol. The van der Waals surface area contributed by atoms with E-state index in [0.717, 1.165) is 0 Å². The molecule has 5 heteroatoms. The van der Waals surface area contributed by atoms with Crippen LogP contribution in [0.15, 0.2) is 48.5 Å². The predicted octanol–water partition coefficient (Wildman–Crippen LogP) is 3.81. The van der Waals surface area contributed by atoms with E-state index < -0.39 is 17.8 Å². The van der Waals surface area contributed by atoms with Gasteiger partial charge in [-0.2, -0.15) is 0 Å². The van der Waals surface area contributed by atoms with E-state index in [9.17, 15) is 9.18 Å². The number of benzene rings is 2. The van der Waals surface area contributed by atoms with Crippen molar-refractivity contribution in [1.29, 1.82) is 0 Å². The van der Waals surface area contributed by atoms with Crippen molar-refractivity contribution < 1.29 is 13.9 Å². The molecule has 20 heavy (non-hydrogen) atoms. The molecular formula is C15H13ClFNO2. The van der Waals surface area contributed by atoms with E-state index in [2.05, 4.69) is 5.32 Å². The molecule has 1 atom stereocenters. The third-order valence-corrected chi connectivity index (χ3v) is 3.03. The number of ether oxygens (including phenoxy) is 1. The number of hydrogen-bond donors (Lipinski definition) is 1. The summed E-state index contributed by atoms with van der Waals surface area (Å²) in [7, 11) is 1.25. The Morgan fingerprint density at radius 3 is 2.60 bits per heavy atom. The zero-order chi connectivity index (χ0) is 14.5. The lowest BCUT2D eigenvalue weighted by Gasteiger charge is -2.18. The largest absolute Gasteiger partial charge is 0.467 e. The van der Waals surface area contributed by atoms with Gasteiger partial charge in [0.2, 0.25) is 0 Å². The molecule has 2 aromatic rings. The first-order valence-corrected chi connectivity index (χ1v) is 6.34. The third-order valence-electron chi connectivity index (χ3n) is 2.79. The van der Waals surface area contributed by atoms with Crippen LogP contribution in [0.4, 0.5) is 10.1 Å². The number of anilines is 1. The monoisotopic (exact) mass is 293 g/mol. The number of carbonyl (C=O) groups is 1. The second-order valence-electron chi connectivity index (χ2n) is 4.13. The van der Waals surface area contributed by atoms with Gasteiger partial charge in [0.25, 0.3) is 0 Å². The molecule has 0 saturated carbocycles. The van der Waals surface area contributed by atoms with Gasteiger partial charge in [0, 0.05) is 16.3 Å². The maximum Gasteiger partial charge on any atom is 0.333 e. The van der Waals surface area contributed by atoms with Crippen LogP contribution < -0.4 is 5.32 Å². The van der Waals surface area contributed by atoms with E-state index in [1.165, 1.54) is 25.3 Å². The number of nitrogens with one attached hydrogen (secondary N) is 1. The van der Waals surface area contributed by atoms with Crippen LogP contribution in [0.3, 0.4) is 0 Å². The first-order valence-electron chi connectivity index (χ1n) is 5.96. The molecule has 2 aromatic carbocycles. The lowest BCUT2D eigenvalue weighted by atomic mass is 10.1. The fraction of sp³-hybridized carbons (Fsp3) is 0.133. The van der Waals surface area contributed by atoms with E-state index in [1.807, 2.05) is 18.2 Å². The van der Waals surface area contributed by atoms with Crippen molar-refractivity contribution in [1.82, 2.24) is 0 Å². The molecule has 104 valence electrons. The smallest absolute Gasteiger partial charge is 0.333 e. The third kappa shape index (κ3) is 3.27. The van der Waals surface area contributed by atoms with Crippen LogP contribution in [0.25, 0.3) is 0 Å². The maximum absolute atomic E-state index is 13.9. The minimum atomic E-state index is -0.957. The summed E-state index contributed by atoms with van der Waals surface area (Å²) in [5.41, 5.74) is 0.829. The number of rotatable bonds is 4. The van der Waals surface area contributed by atoms with Crippen molar-refractivity contribution in [3.63, 3.8) is 0 Å². The highest BCUT2D eigenvalue weighted by atomic mass is 35.5. The maximum atomic E-state index is 13.9. The van der Waals surface area contributed by atoms with Crippen molar-refractivity contribution in [2.45, 2.75) is 6.04 Å². The Morgan fingerprint density at radius 1 is 1.25 bits per heavy atom. The molecule has 0 bridgehead atoms. The average Bonchev–Trinajstić information content (AvgIpc) is 2.48. The molecule has 0 heterocycles. The molecule has 0 aliphatic heterocycles. The zero-order valence-electron chi connectivity index (χ0n) is 10.8. The van der Waals surface area contributed by atoms with Crippen LogP contribution in [-0.4, -0.2) is 13.1 Å². The lowest BCUT2D eigenvalue weighted by molar-refractivity contribution is -0.141. The number of carbonyl (C=O) groups excluding carboxylic acids is 1. The SMILES string of the molecule is COC(=O)C(Nc1ccccc1)c1cc(Cl)ccc1F. The van der Waals surface area contributed by atoms with E-state index in [0.29, 0.717) is 10.7 Å². The van der Waals surface area contributed by atoms with Crippen LogP contribution in [-0.2, 0) is 9.53 Å². The van der Waals surface area contributed by atoms with Crippen LogP contribution in [0.5, 0.6) is 0 Å².